The van der Waals surface area contributed by atoms with E-state index >= 15 is 0 Å². The Hall–Kier alpha value is -3.93. The summed E-state index contributed by atoms with van der Waals surface area (Å²) in [5.41, 5.74) is 4.25. The zero-order valence-corrected chi connectivity index (χ0v) is 18.5. The number of hydrogen-bond donors (Lipinski definition) is 0. The van der Waals surface area contributed by atoms with Gasteiger partial charge in [-0.25, -0.2) is 0 Å². The summed E-state index contributed by atoms with van der Waals surface area (Å²) in [7, 11) is 0. The smallest absolute Gasteiger partial charge is 0.249 e. The summed E-state index contributed by atoms with van der Waals surface area (Å²) >= 11 is 0. The van der Waals surface area contributed by atoms with Gasteiger partial charge in [0, 0.05) is 18.5 Å². The molecule has 1 unspecified atom stereocenters. The van der Waals surface area contributed by atoms with Crippen LogP contribution < -0.4 is 4.74 Å². The van der Waals surface area contributed by atoms with E-state index in [0.29, 0.717) is 37.7 Å². The molecule has 3 aromatic carbocycles. The van der Waals surface area contributed by atoms with Gasteiger partial charge < -0.3 is 14.2 Å². The van der Waals surface area contributed by atoms with E-state index in [1.807, 2.05) is 71.6 Å². The first-order valence-electron chi connectivity index (χ1n) is 11.1. The molecule has 0 aliphatic carbocycles. The number of ether oxygens (including phenoxy) is 1. The van der Waals surface area contributed by atoms with Crippen LogP contribution in [0.15, 0.2) is 83.4 Å². The molecule has 1 aromatic heterocycles. The highest BCUT2D eigenvalue weighted by atomic mass is 16.5. The van der Waals surface area contributed by atoms with Gasteiger partial charge in [0.2, 0.25) is 17.6 Å². The van der Waals surface area contributed by atoms with Crippen LogP contribution in [-0.2, 0) is 17.9 Å². The maximum Gasteiger partial charge on any atom is 0.249 e. The van der Waals surface area contributed by atoms with E-state index in [9.17, 15) is 4.79 Å². The highest BCUT2D eigenvalue weighted by Crippen LogP contribution is 2.34. The van der Waals surface area contributed by atoms with Gasteiger partial charge in [0.25, 0.3) is 0 Å². The molecule has 0 spiro atoms. The Kier molecular flexibility index (Phi) is 5.89. The SMILES string of the molecule is Cc1ccccc1CN1C(=O)CCC1c1nc(-c2ccc(OCc3ccccc3)cc2)no1. The van der Waals surface area contributed by atoms with E-state index in [2.05, 4.69) is 29.2 Å². The summed E-state index contributed by atoms with van der Waals surface area (Å²) in [6.07, 6.45) is 1.17. The largest absolute Gasteiger partial charge is 0.489 e. The quantitative estimate of drug-likeness (QED) is 0.381. The fourth-order valence-corrected chi connectivity index (χ4v) is 4.09. The van der Waals surface area contributed by atoms with Gasteiger partial charge in [0.1, 0.15) is 18.4 Å². The summed E-state index contributed by atoms with van der Waals surface area (Å²) in [5, 5.41) is 4.17. The van der Waals surface area contributed by atoms with Gasteiger partial charge in [-0.15, -0.1) is 0 Å². The zero-order chi connectivity index (χ0) is 22.6. The number of nitrogens with zero attached hydrogens (tertiary/aromatic N) is 3. The highest BCUT2D eigenvalue weighted by Gasteiger charge is 2.36. The molecule has 0 bridgehead atoms. The molecule has 1 atom stereocenters. The molecule has 6 nitrogen and oxygen atoms in total. The third-order valence-corrected chi connectivity index (χ3v) is 6.02. The average Bonchev–Trinajstić information content (AvgIpc) is 3.47. The molecule has 4 aromatic rings. The van der Waals surface area contributed by atoms with Crippen molar-refractivity contribution in [2.24, 2.45) is 0 Å². The molecule has 5 rings (SSSR count). The van der Waals surface area contributed by atoms with Crippen LogP contribution in [0.1, 0.15) is 41.5 Å². The maximum absolute atomic E-state index is 12.6. The molecule has 1 amide bonds. The Labute approximate surface area is 192 Å². The Morgan fingerprint density at radius 2 is 1.76 bits per heavy atom. The molecule has 0 saturated carbocycles. The van der Waals surface area contributed by atoms with E-state index in [1.165, 1.54) is 0 Å². The number of hydrogen-bond acceptors (Lipinski definition) is 5. The lowest BCUT2D eigenvalue weighted by Crippen LogP contribution is -2.27. The van der Waals surface area contributed by atoms with E-state index in [1.54, 1.807) is 0 Å². The van der Waals surface area contributed by atoms with E-state index in [-0.39, 0.29) is 11.9 Å². The monoisotopic (exact) mass is 439 g/mol. The molecule has 1 aliphatic rings. The summed E-state index contributed by atoms with van der Waals surface area (Å²) in [4.78, 5) is 19.0. The number of carbonyl (C=O) groups is 1. The van der Waals surface area contributed by atoms with Crippen LogP contribution in [0.2, 0.25) is 0 Å². The first-order chi connectivity index (χ1) is 16.2. The Morgan fingerprint density at radius 3 is 2.55 bits per heavy atom. The average molecular weight is 440 g/mol. The van der Waals surface area contributed by atoms with Gasteiger partial charge in [-0.05, 0) is 54.3 Å². The van der Waals surface area contributed by atoms with Crippen molar-refractivity contribution >= 4 is 5.91 Å². The summed E-state index contributed by atoms with van der Waals surface area (Å²) in [5.74, 6) is 1.88. The maximum atomic E-state index is 12.6. The fraction of sp³-hybridized carbons (Fsp3) is 0.222. The number of likely N-dealkylation sites (tertiary alicyclic amines) is 1. The second-order valence-electron chi connectivity index (χ2n) is 8.26. The molecule has 166 valence electrons. The fourth-order valence-electron chi connectivity index (χ4n) is 4.09. The Balaban J connectivity index is 1.28. The molecule has 33 heavy (non-hydrogen) atoms. The molecular formula is C27H25N3O3. The van der Waals surface area contributed by atoms with E-state index < -0.39 is 0 Å². The van der Waals surface area contributed by atoms with Crippen molar-refractivity contribution < 1.29 is 14.1 Å². The third kappa shape index (κ3) is 4.65. The van der Waals surface area contributed by atoms with Crippen LogP contribution in [0, 0.1) is 6.92 Å². The Morgan fingerprint density at radius 1 is 1.00 bits per heavy atom. The number of rotatable bonds is 7. The third-order valence-electron chi connectivity index (χ3n) is 6.02. The van der Waals surface area contributed by atoms with Gasteiger partial charge in [-0.1, -0.05) is 59.8 Å². The lowest BCUT2D eigenvalue weighted by molar-refractivity contribution is -0.130. The molecule has 1 aliphatic heterocycles. The topological polar surface area (TPSA) is 68.5 Å². The van der Waals surface area contributed by atoms with Crippen molar-refractivity contribution in [1.82, 2.24) is 15.0 Å². The van der Waals surface area contributed by atoms with Gasteiger partial charge in [0.15, 0.2) is 0 Å². The van der Waals surface area contributed by atoms with Crippen LogP contribution in [0.5, 0.6) is 5.75 Å². The predicted molar refractivity (Wildman–Crippen MR) is 124 cm³/mol. The number of benzene rings is 3. The van der Waals surface area contributed by atoms with Crippen LogP contribution in [0.3, 0.4) is 0 Å². The molecule has 0 N–H and O–H groups in total. The van der Waals surface area contributed by atoms with Crippen LogP contribution >= 0.6 is 0 Å². The molecule has 2 heterocycles. The van der Waals surface area contributed by atoms with Crippen molar-refractivity contribution in [1.29, 1.82) is 0 Å². The van der Waals surface area contributed by atoms with Gasteiger partial charge in [0.05, 0.1) is 0 Å². The molecule has 6 heteroatoms. The van der Waals surface area contributed by atoms with E-state index in [4.69, 9.17) is 9.26 Å². The van der Waals surface area contributed by atoms with Gasteiger partial charge in [-0.3, -0.25) is 4.79 Å². The van der Waals surface area contributed by atoms with Crippen LogP contribution in [0.4, 0.5) is 0 Å². The molecule has 1 saturated heterocycles. The summed E-state index contributed by atoms with van der Waals surface area (Å²) < 4.78 is 11.5. The molecular weight excluding hydrogens is 414 g/mol. The lowest BCUT2D eigenvalue weighted by atomic mass is 10.1. The second-order valence-corrected chi connectivity index (χ2v) is 8.26. The van der Waals surface area contributed by atoms with Crippen molar-refractivity contribution in [3.05, 3.63) is 101 Å². The number of carbonyl (C=O) groups excluding carboxylic acids is 1. The van der Waals surface area contributed by atoms with Crippen molar-refractivity contribution in [3.63, 3.8) is 0 Å². The highest BCUT2D eigenvalue weighted by molar-refractivity contribution is 5.79. The first kappa shape index (κ1) is 20.9. The Bertz CT molecular complexity index is 1230. The number of amides is 1. The molecule has 0 radical (unpaired) electrons. The van der Waals surface area contributed by atoms with E-state index in [0.717, 1.165) is 28.0 Å². The second kappa shape index (κ2) is 9.28. The summed E-state index contributed by atoms with van der Waals surface area (Å²) in [6.45, 7) is 3.11. The predicted octanol–water partition coefficient (Wildman–Crippen LogP) is 5.49. The van der Waals surface area contributed by atoms with Crippen molar-refractivity contribution in [3.8, 4) is 17.1 Å². The number of aryl methyl sites for hydroxylation is 1. The van der Waals surface area contributed by atoms with Crippen molar-refractivity contribution in [2.75, 3.05) is 0 Å². The van der Waals surface area contributed by atoms with Crippen LogP contribution in [0.25, 0.3) is 11.4 Å². The van der Waals surface area contributed by atoms with Crippen molar-refractivity contribution in [2.45, 2.75) is 39.0 Å². The number of aromatic nitrogens is 2. The first-order valence-corrected chi connectivity index (χ1v) is 11.1. The minimum absolute atomic E-state index is 0.114. The standard InChI is InChI=1S/C27H25N3O3/c1-19-7-5-6-10-22(19)17-30-24(15-16-25(30)31)27-28-26(29-33-27)21-11-13-23(14-12-21)32-18-20-8-3-2-4-9-20/h2-14,24H,15-18H2,1H3. The molecule has 1 fully saturated rings. The minimum atomic E-state index is -0.202. The zero-order valence-electron chi connectivity index (χ0n) is 18.5. The summed E-state index contributed by atoms with van der Waals surface area (Å²) in [6, 6.07) is 25.6. The lowest BCUT2D eigenvalue weighted by Gasteiger charge is -2.23. The van der Waals surface area contributed by atoms with Crippen LogP contribution in [-0.4, -0.2) is 20.9 Å². The minimum Gasteiger partial charge on any atom is -0.489 e. The van der Waals surface area contributed by atoms with Gasteiger partial charge in [-0.2, -0.15) is 4.98 Å². The normalized spacial score (nSPS) is 15.7. The van der Waals surface area contributed by atoms with Gasteiger partial charge >= 0.3 is 0 Å².